The fourth-order valence-corrected chi connectivity index (χ4v) is 3.18. The van der Waals surface area contributed by atoms with Crippen molar-refractivity contribution in [2.75, 3.05) is 31.7 Å². The zero-order chi connectivity index (χ0) is 19.9. The van der Waals surface area contributed by atoms with Gasteiger partial charge in [0.25, 0.3) is 0 Å². The van der Waals surface area contributed by atoms with Crippen molar-refractivity contribution >= 4 is 11.6 Å². The summed E-state index contributed by atoms with van der Waals surface area (Å²) in [7, 11) is 0. The molecule has 0 amide bonds. The van der Waals surface area contributed by atoms with Crippen LogP contribution in [-0.4, -0.2) is 43.5 Å². The summed E-state index contributed by atoms with van der Waals surface area (Å²) in [5, 5.41) is 3.09. The van der Waals surface area contributed by atoms with E-state index in [2.05, 4.69) is 15.3 Å². The highest BCUT2D eigenvalue weighted by Gasteiger charge is 2.16. The molecule has 1 saturated heterocycles. The van der Waals surface area contributed by atoms with Gasteiger partial charge in [0.05, 0.1) is 33.0 Å². The maximum absolute atomic E-state index is 6.05. The average molecular weight is 398 g/mol. The molecular formula is C21H26N4O4. The first-order valence-electron chi connectivity index (χ1n) is 9.92. The quantitative estimate of drug-likeness (QED) is 0.590. The maximum Gasteiger partial charge on any atom is 0.213 e. The predicted molar refractivity (Wildman–Crippen MR) is 110 cm³/mol. The Hall–Kier alpha value is -3.00. The SMILES string of the molecule is NC(=NCc1ccnc(OC2CCOCC2)c1)Nc1ccc2c(c1)OCCCO2. The molecule has 29 heavy (non-hydrogen) atoms. The number of nitrogens with zero attached hydrogens (tertiary/aromatic N) is 2. The van der Waals surface area contributed by atoms with Crippen molar-refractivity contribution in [1.29, 1.82) is 0 Å². The van der Waals surface area contributed by atoms with Gasteiger partial charge in [-0.15, -0.1) is 0 Å². The number of nitrogens with two attached hydrogens (primary N) is 1. The largest absolute Gasteiger partial charge is 0.490 e. The standard InChI is InChI=1S/C21H26N4O4/c22-21(25-16-2-3-18-19(13-16)28-9-1-8-27-18)24-14-15-4-7-23-20(12-15)29-17-5-10-26-11-6-17/h2-4,7,12-13,17H,1,5-6,8-11,14H2,(H3,22,24,25). The lowest BCUT2D eigenvalue weighted by Crippen LogP contribution is -2.26. The third-order valence-electron chi connectivity index (χ3n) is 4.71. The van der Waals surface area contributed by atoms with Crippen LogP contribution in [0.2, 0.25) is 0 Å². The van der Waals surface area contributed by atoms with E-state index in [9.17, 15) is 0 Å². The summed E-state index contributed by atoms with van der Waals surface area (Å²) in [6.45, 7) is 3.19. The topological polar surface area (TPSA) is 100 Å². The third kappa shape index (κ3) is 5.51. The maximum atomic E-state index is 6.05. The molecule has 0 unspecified atom stereocenters. The number of benzene rings is 1. The molecule has 2 aliphatic heterocycles. The van der Waals surface area contributed by atoms with E-state index in [-0.39, 0.29) is 6.10 Å². The first kappa shape index (κ1) is 19.3. The molecule has 154 valence electrons. The molecule has 0 spiro atoms. The van der Waals surface area contributed by atoms with Crippen molar-refractivity contribution in [3.63, 3.8) is 0 Å². The molecule has 8 heteroatoms. The second kappa shape index (κ2) is 9.47. The average Bonchev–Trinajstić information content (AvgIpc) is 2.98. The highest BCUT2D eigenvalue weighted by Crippen LogP contribution is 2.32. The number of anilines is 1. The van der Waals surface area contributed by atoms with Crippen LogP contribution in [0.5, 0.6) is 17.4 Å². The third-order valence-corrected chi connectivity index (χ3v) is 4.71. The molecule has 2 aromatic rings. The van der Waals surface area contributed by atoms with Gasteiger partial charge in [0.2, 0.25) is 5.88 Å². The minimum Gasteiger partial charge on any atom is -0.490 e. The monoisotopic (exact) mass is 398 g/mol. The van der Waals surface area contributed by atoms with Crippen LogP contribution in [0.15, 0.2) is 41.5 Å². The number of aliphatic imine (C=N–C) groups is 1. The van der Waals surface area contributed by atoms with Crippen LogP contribution in [0.3, 0.4) is 0 Å². The van der Waals surface area contributed by atoms with E-state index >= 15 is 0 Å². The first-order valence-corrected chi connectivity index (χ1v) is 9.92. The van der Waals surface area contributed by atoms with Crippen molar-refractivity contribution in [2.24, 2.45) is 10.7 Å². The fraction of sp³-hybridized carbons (Fsp3) is 0.429. The van der Waals surface area contributed by atoms with Crippen LogP contribution in [-0.2, 0) is 11.3 Å². The Labute approximate surface area is 170 Å². The molecule has 4 rings (SSSR count). The van der Waals surface area contributed by atoms with Gasteiger partial charge in [-0.3, -0.25) is 0 Å². The summed E-state index contributed by atoms with van der Waals surface area (Å²) in [5.74, 6) is 2.39. The number of ether oxygens (including phenoxy) is 4. The fourth-order valence-electron chi connectivity index (χ4n) is 3.18. The summed E-state index contributed by atoms with van der Waals surface area (Å²) in [6, 6.07) is 9.44. The molecule has 0 aliphatic carbocycles. The van der Waals surface area contributed by atoms with E-state index in [0.29, 0.717) is 37.3 Å². The lowest BCUT2D eigenvalue weighted by Gasteiger charge is -2.22. The van der Waals surface area contributed by atoms with Crippen molar-refractivity contribution in [3.05, 3.63) is 42.1 Å². The van der Waals surface area contributed by atoms with Gasteiger partial charge in [0.1, 0.15) is 6.10 Å². The van der Waals surface area contributed by atoms with Gasteiger partial charge >= 0.3 is 0 Å². The van der Waals surface area contributed by atoms with E-state index in [0.717, 1.165) is 49.5 Å². The molecule has 1 aromatic carbocycles. The number of guanidine groups is 1. The van der Waals surface area contributed by atoms with Crippen LogP contribution in [0.4, 0.5) is 5.69 Å². The molecule has 1 fully saturated rings. The Bertz CT molecular complexity index is 852. The van der Waals surface area contributed by atoms with Crippen molar-refractivity contribution in [2.45, 2.75) is 31.9 Å². The normalized spacial score (nSPS) is 17.4. The molecule has 0 bridgehead atoms. The van der Waals surface area contributed by atoms with Crippen LogP contribution < -0.4 is 25.3 Å². The zero-order valence-electron chi connectivity index (χ0n) is 16.3. The van der Waals surface area contributed by atoms with Crippen molar-refractivity contribution in [3.8, 4) is 17.4 Å². The number of hydrogen-bond donors (Lipinski definition) is 2. The van der Waals surface area contributed by atoms with Gasteiger partial charge in [0.15, 0.2) is 17.5 Å². The van der Waals surface area contributed by atoms with E-state index in [4.69, 9.17) is 24.7 Å². The molecule has 3 heterocycles. The Morgan fingerprint density at radius 1 is 1.10 bits per heavy atom. The number of nitrogens with one attached hydrogen (secondary N) is 1. The minimum absolute atomic E-state index is 0.154. The molecule has 0 radical (unpaired) electrons. The Morgan fingerprint density at radius 3 is 2.79 bits per heavy atom. The lowest BCUT2D eigenvalue weighted by atomic mass is 10.1. The number of hydrogen-bond acceptors (Lipinski definition) is 6. The second-order valence-corrected chi connectivity index (χ2v) is 6.97. The van der Waals surface area contributed by atoms with Gasteiger partial charge in [-0.2, -0.15) is 0 Å². The predicted octanol–water partition coefficient (Wildman–Crippen LogP) is 2.73. The van der Waals surface area contributed by atoms with Gasteiger partial charge in [0, 0.05) is 43.3 Å². The van der Waals surface area contributed by atoms with E-state index in [1.807, 2.05) is 30.3 Å². The summed E-state index contributed by atoms with van der Waals surface area (Å²) >= 11 is 0. The lowest BCUT2D eigenvalue weighted by molar-refractivity contribution is 0.0237. The summed E-state index contributed by atoms with van der Waals surface area (Å²) in [4.78, 5) is 8.71. The van der Waals surface area contributed by atoms with Crippen LogP contribution in [0, 0.1) is 0 Å². The highest BCUT2D eigenvalue weighted by molar-refractivity contribution is 5.92. The smallest absolute Gasteiger partial charge is 0.213 e. The van der Waals surface area contributed by atoms with Crippen LogP contribution in [0.25, 0.3) is 0 Å². The van der Waals surface area contributed by atoms with E-state index < -0.39 is 0 Å². The zero-order valence-corrected chi connectivity index (χ0v) is 16.3. The summed E-state index contributed by atoms with van der Waals surface area (Å²) in [6.07, 6.45) is 4.52. The molecule has 0 saturated carbocycles. The van der Waals surface area contributed by atoms with Gasteiger partial charge in [-0.25, -0.2) is 9.98 Å². The number of rotatable bonds is 5. The van der Waals surface area contributed by atoms with Crippen LogP contribution >= 0.6 is 0 Å². The molecule has 2 aliphatic rings. The van der Waals surface area contributed by atoms with Crippen LogP contribution in [0.1, 0.15) is 24.8 Å². The van der Waals surface area contributed by atoms with Crippen molar-refractivity contribution in [1.82, 2.24) is 4.98 Å². The second-order valence-electron chi connectivity index (χ2n) is 6.97. The molecule has 0 atom stereocenters. The van der Waals surface area contributed by atoms with Gasteiger partial charge in [-0.05, 0) is 23.8 Å². The molecular weight excluding hydrogens is 372 g/mol. The number of aromatic nitrogens is 1. The first-order chi connectivity index (χ1) is 14.3. The Kier molecular flexibility index (Phi) is 6.31. The number of fused-ring (bicyclic) bond motifs is 1. The van der Waals surface area contributed by atoms with E-state index in [1.165, 1.54) is 0 Å². The van der Waals surface area contributed by atoms with Gasteiger partial charge < -0.3 is 30.0 Å². The molecule has 8 nitrogen and oxygen atoms in total. The van der Waals surface area contributed by atoms with E-state index in [1.54, 1.807) is 6.20 Å². The molecule has 1 aromatic heterocycles. The summed E-state index contributed by atoms with van der Waals surface area (Å²) < 4.78 is 22.6. The molecule has 3 N–H and O–H groups in total. The van der Waals surface area contributed by atoms with Crippen molar-refractivity contribution < 1.29 is 18.9 Å². The van der Waals surface area contributed by atoms with Gasteiger partial charge in [-0.1, -0.05) is 0 Å². The minimum atomic E-state index is 0.154. The Balaban J connectivity index is 1.35. The highest BCUT2D eigenvalue weighted by atomic mass is 16.5. The Morgan fingerprint density at radius 2 is 1.93 bits per heavy atom. The summed E-state index contributed by atoms with van der Waals surface area (Å²) in [5.41, 5.74) is 7.83. The number of pyridine rings is 1.